The number of carbonyl (C=O) groups is 1. The topological polar surface area (TPSA) is 69.6 Å². The highest BCUT2D eigenvalue weighted by atomic mass is 127. The van der Waals surface area contributed by atoms with Crippen molar-refractivity contribution in [2.45, 2.75) is 13.5 Å². The molecule has 0 saturated carbocycles. The Bertz CT molecular complexity index is 742. The molecule has 2 N–H and O–H groups in total. The summed E-state index contributed by atoms with van der Waals surface area (Å²) in [7, 11) is 1.89. The highest BCUT2D eigenvalue weighted by Crippen LogP contribution is 2.06. The number of carbonyl (C=O) groups excluding carboxylic acids is 1. The summed E-state index contributed by atoms with van der Waals surface area (Å²) in [6.45, 7) is 4.08. The molecule has 0 bridgehead atoms. The van der Waals surface area contributed by atoms with E-state index in [1.54, 1.807) is 24.4 Å². The minimum Gasteiger partial charge on any atom is -0.357 e. The van der Waals surface area contributed by atoms with Crippen molar-refractivity contribution < 1.29 is 9.18 Å². The van der Waals surface area contributed by atoms with Crippen LogP contribution in [0.4, 0.5) is 4.39 Å². The van der Waals surface area contributed by atoms with E-state index in [9.17, 15) is 9.18 Å². The first-order valence-corrected chi connectivity index (χ1v) is 8.52. The second-order valence-corrected chi connectivity index (χ2v) is 5.72. The second-order valence-electron chi connectivity index (χ2n) is 5.72. The Hall–Kier alpha value is -2.23. The van der Waals surface area contributed by atoms with Crippen LogP contribution >= 0.6 is 24.0 Å². The van der Waals surface area contributed by atoms with Crippen LogP contribution in [0.25, 0.3) is 0 Å². The van der Waals surface area contributed by atoms with Gasteiger partial charge in [-0.3, -0.25) is 14.8 Å². The third-order valence-electron chi connectivity index (χ3n) is 3.59. The van der Waals surface area contributed by atoms with Crippen molar-refractivity contribution >= 4 is 35.8 Å². The molecule has 2 aromatic rings. The van der Waals surface area contributed by atoms with Gasteiger partial charge in [-0.25, -0.2) is 4.39 Å². The normalized spacial score (nSPS) is 10.7. The highest BCUT2D eigenvalue weighted by Gasteiger charge is 2.08. The van der Waals surface area contributed by atoms with Crippen molar-refractivity contribution in [3.8, 4) is 0 Å². The molecule has 0 aliphatic heterocycles. The zero-order valence-corrected chi connectivity index (χ0v) is 17.8. The second kappa shape index (κ2) is 12.2. The van der Waals surface area contributed by atoms with E-state index in [1.807, 2.05) is 24.9 Å². The molecule has 0 radical (unpaired) electrons. The Labute approximate surface area is 176 Å². The van der Waals surface area contributed by atoms with Gasteiger partial charge in [-0.2, -0.15) is 0 Å². The zero-order chi connectivity index (χ0) is 18.8. The fourth-order valence-corrected chi connectivity index (χ4v) is 2.38. The van der Waals surface area contributed by atoms with Crippen LogP contribution in [0, 0.1) is 5.82 Å². The Balaban J connectivity index is 0.00000364. The average molecular weight is 485 g/mol. The van der Waals surface area contributed by atoms with Crippen molar-refractivity contribution in [2.75, 3.05) is 26.7 Å². The van der Waals surface area contributed by atoms with E-state index < -0.39 is 0 Å². The summed E-state index contributed by atoms with van der Waals surface area (Å²) in [5, 5.41) is 6.01. The lowest BCUT2D eigenvalue weighted by molar-refractivity contribution is 0.0954. The van der Waals surface area contributed by atoms with Gasteiger partial charge in [0, 0.05) is 39.1 Å². The van der Waals surface area contributed by atoms with Gasteiger partial charge in [-0.1, -0.05) is 12.1 Å². The van der Waals surface area contributed by atoms with E-state index in [-0.39, 0.29) is 35.7 Å². The number of aromatic nitrogens is 1. The maximum absolute atomic E-state index is 13.3. The predicted octanol–water partition coefficient (Wildman–Crippen LogP) is 2.67. The van der Waals surface area contributed by atoms with Gasteiger partial charge in [0.15, 0.2) is 5.96 Å². The molecule has 1 aromatic carbocycles. The quantitative estimate of drug-likeness (QED) is 0.274. The SMILES string of the molecule is CCNC(=NCCNC(=O)c1cccnc1)N(C)Cc1cccc(F)c1.I. The molecule has 0 unspecified atom stereocenters. The molecule has 6 nitrogen and oxygen atoms in total. The minimum atomic E-state index is -0.254. The maximum atomic E-state index is 13.3. The molecule has 0 aliphatic carbocycles. The lowest BCUT2D eigenvalue weighted by Gasteiger charge is -2.22. The van der Waals surface area contributed by atoms with Crippen LogP contribution in [0.1, 0.15) is 22.8 Å². The van der Waals surface area contributed by atoms with Gasteiger partial charge in [0.1, 0.15) is 5.82 Å². The summed E-state index contributed by atoms with van der Waals surface area (Å²) in [4.78, 5) is 22.3. The van der Waals surface area contributed by atoms with Crippen LogP contribution in [-0.2, 0) is 6.54 Å². The summed E-state index contributed by atoms with van der Waals surface area (Å²) >= 11 is 0. The molecule has 0 spiro atoms. The van der Waals surface area contributed by atoms with Crippen LogP contribution in [0.2, 0.25) is 0 Å². The van der Waals surface area contributed by atoms with Gasteiger partial charge in [0.2, 0.25) is 0 Å². The summed E-state index contributed by atoms with van der Waals surface area (Å²) in [6.07, 6.45) is 3.15. The molecule has 1 heterocycles. The molecule has 0 fully saturated rings. The lowest BCUT2D eigenvalue weighted by Crippen LogP contribution is -2.39. The van der Waals surface area contributed by atoms with E-state index in [0.717, 1.165) is 5.56 Å². The number of hydrogen-bond acceptors (Lipinski definition) is 3. The largest absolute Gasteiger partial charge is 0.357 e. The molecular weight excluding hydrogens is 460 g/mol. The summed E-state index contributed by atoms with van der Waals surface area (Å²) < 4.78 is 13.3. The van der Waals surface area contributed by atoms with Crippen LogP contribution in [0.5, 0.6) is 0 Å². The fourth-order valence-electron chi connectivity index (χ4n) is 2.38. The molecule has 146 valence electrons. The Morgan fingerprint density at radius 3 is 2.74 bits per heavy atom. The first-order chi connectivity index (χ1) is 12.6. The van der Waals surface area contributed by atoms with Crippen LogP contribution < -0.4 is 10.6 Å². The maximum Gasteiger partial charge on any atom is 0.252 e. The smallest absolute Gasteiger partial charge is 0.252 e. The first kappa shape index (κ1) is 22.8. The van der Waals surface area contributed by atoms with Gasteiger partial charge in [0.05, 0.1) is 12.1 Å². The summed E-state index contributed by atoms with van der Waals surface area (Å²) in [5.41, 5.74) is 1.38. The Morgan fingerprint density at radius 1 is 1.26 bits per heavy atom. The van der Waals surface area contributed by atoms with Gasteiger partial charge < -0.3 is 15.5 Å². The monoisotopic (exact) mass is 485 g/mol. The molecule has 1 aromatic heterocycles. The van der Waals surface area contributed by atoms with Crippen molar-refractivity contribution in [1.82, 2.24) is 20.5 Å². The van der Waals surface area contributed by atoms with Crippen molar-refractivity contribution in [3.63, 3.8) is 0 Å². The number of pyridine rings is 1. The summed E-state index contributed by atoms with van der Waals surface area (Å²) in [6, 6.07) is 9.93. The van der Waals surface area contributed by atoms with Gasteiger partial charge >= 0.3 is 0 Å². The Kier molecular flexibility index (Phi) is 10.3. The number of halogens is 2. The fraction of sp³-hybridized carbons (Fsp3) is 0.316. The predicted molar refractivity (Wildman–Crippen MR) is 116 cm³/mol. The number of aliphatic imine (C=N–C) groups is 1. The molecule has 2 rings (SSSR count). The number of benzene rings is 1. The molecule has 1 amide bonds. The van der Waals surface area contributed by atoms with Crippen molar-refractivity contribution in [1.29, 1.82) is 0 Å². The third kappa shape index (κ3) is 7.90. The molecule has 0 atom stereocenters. The number of amides is 1. The lowest BCUT2D eigenvalue weighted by atomic mass is 10.2. The highest BCUT2D eigenvalue weighted by molar-refractivity contribution is 14.0. The zero-order valence-electron chi connectivity index (χ0n) is 15.5. The van der Waals surface area contributed by atoms with Gasteiger partial charge in [-0.15, -0.1) is 24.0 Å². The third-order valence-corrected chi connectivity index (χ3v) is 3.59. The summed E-state index contributed by atoms with van der Waals surface area (Å²) in [5.74, 6) is 0.273. The van der Waals surface area contributed by atoms with E-state index in [4.69, 9.17) is 0 Å². The van der Waals surface area contributed by atoms with Crippen LogP contribution in [-0.4, -0.2) is 48.4 Å². The van der Waals surface area contributed by atoms with E-state index in [1.165, 1.54) is 18.3 Å². The minimum absolute atomic E-state index is 0. The van der Waals surface area contributed by atoms with E-state index in [0.29, 0.717) is 37.7 Å². The number of guanidine groups is 1. The number of nitrogens with one attached hydrogen (secondary N) is 2. The van der Waals surface area contributed by atoms with E-state index in [2.05, 4.69) is 20.6 Å². The van der Waals surface area contributed by atoms with E-state index >= 15 is 0 Å². The molecular formula is C19H25FIN5O. The molecule has 0 aliphatic rings. The van der Waals surface area contributed by atoms with Crippen LogP contribution in [0.15, 0.2) is 53.8 Å². The van der Waals surface area contributed by atoms with Crippen LogP contribution in [0.3, 0.4) is 0 Å². The van der Waals surface area contributed by atoms with Crippen molar-refractivity contribution in [2.24, 2.45) is 4.99 Å². The number of nitrogens with zero attached hydrogens (tertiary/aromatic N) is 3. The first-order valence-electron chi connectivity index (χ1n) is 8.52. The van der Waals surface area contributed by atoms with Crippen molar-refractivity contribution in [3.05, 3.63) is 65.7 Å². The molecule has 27 heavy (non-hydrogen) atoms. The molecule has 0 saturated heterocycles. The Morgan fingerprint density at radius 2 is 2.07 bits per heavy atom. The number of rotatable bonds is 7. The van der Waals surface area contributed by atoms with Gasteiger partial charge in [0.25, 0.3) is 5.91 Å². The standard InChI is InChI=1S/C19H24FN5O.HI/c1-3-22-19(25(2)14-15-6-4-8-17(20)12-15)24-11-10-23-18(26)16-7-5-9-21-13-16;/h4-9,12-13H,3,10-11,14H2,1-2H3,(H,22,24)(H,23,26);1H. The molecule has 8 heteroatoms. The van der Waals surface area contributed by atoms with Gasteiger partial charge in [-0.05, 0) is 36.8 Å². The average Bonchev–Trinajstić information content (AvgIpc) is 2.64. The number of hydrogen-bond donors (Lipinski definition) is 2.